The largest absolute Gasteiger partial charge is 0.355 e. The first-order chi connectivity index (χ1) is 8.63. The van der Waals surface area contributed by atoms with Crippen molar-refractivity contribution >= 4 is 27.6 Å². The predicted octanol–water partition coefficient (Wildman–Crippen LogP) is 1.06. The number of hydrazine groups is 1. The molecule has 1 aromatic heterocycles. The van der Waals surface area contributed by atoms with E-state index in [9.17, 15) is 0 Å². The van der Waals surface area contributed by atoms with Crippen LogP contribution in [0.15, 0.2) is 10.8 Å². The van der Waals surface area contributed by atoms with E-state index in [2.05, 4.69) is 55.2 Å². The number of aromatic nitrogens is 2. The number of halogens is 1. The molecule has 0 amide bonds. The Morgan fingerprint density at radius 3 is 2.72 bits per heavy atom. The van der Waals surface area contributed by atoms with Crippen LogP contribution < -0.4 is 16.2 Å². The van der Waals surface area contributed by atoms with Gasteiger partial charge in [-0.2, -0.15) is 0 Å². The Kier molecular flexibility index (Phi) is 4.36. The summed E-state index contributed by atoms with van der Waals surface area (Å²) in [6.07, 6.45) is 3.82. The molecule has 18 heavy (non-hydrogen) atoms. The monoisotopic (exact) mass is 314 g/mol. The van der Waals surface area contributed by atoms with Crippen molar-refractivity contribution in [3.05, 3.63) is 10.8 Å². The van der Waals surface area contributed by atoms with Crippen molar-refractivity contribution in [2.24, 2.45) is 5.84 Å². The van der Waals surface area contributed by atoms with Crippen LogP contribution in [0, 0.1) is 0 Å². The highest BCUT2D eigenvalue weighted by Crippen LogP contribution is 2.30. The fourth-order valence-corrected chi connectivity index (χ4v) is 2.86. The number of hydrogen-bond donors (Lipinski definition) is 2. The molecule has 1 aliphatic rings. The number of piperidine rings is 1. The molecule has 2 rings (SSSR count). The number of nitrogens with one attached hydrogen (secondary N) is 1. The number of nitrogens with two attached hydrogens (primary N) is 1. The molecule has 1 aromatic rings. The Morgan fingerprint density at radius 2 is 2.11 bits per heavy atom. The summed E-state index contributed by atoms with van der Waals surface area (Å²) in [4.78, 5) is 13.0. The molecule has 6 nitrogen and oxygen atoms in total. The average molecular weight is 315 g/mol. The fraction of sp³-hybridized carbons (Fsp3) is 0.636. The van der Waals surface area contributed by atoms with Gasteiger partial charge in [-0.1, -0.05) is 0 Å². The third-order valence-corrected chi connectivity index (χ3v) is 4.21. The minimum absolute atomic E-state index is 0.512. The van der Waals surface area contributed by atoms with Gasteiger partial charge in [-0.15, -0.1) is 0 Å². The van der Waals surface area contributed by atoms with E-state index >= 15 is 0 Å². The van der Waals surface area contributed by atoms with E-state index < -0.39 is 0 Å². The Hall–Kier alpha value is -0.920. The zero-order valence-electron chi connectivity index (χ0n) is 10.7. The van der Waals surface area contributed by atoms with Gasteiger partial charge >= 0.3 is 0 Å². The second-order valence-corrected chi connectivity index (χ2v) is 5.44. The van der Waals surface area contributed by atoms with E-state index in [0.29, 0.717) is 11.9 Å². The first kappa shape index (κ1) is 13.5. The number of rotatable bonds is 3. The van der Waals surface area contributed by atoms with E-state index in [-0.39, 0.29) is 0 Å². The molecule has 0 spiro atoms. The molecular weight excluding hydrogens is 296 g/mol. The maximum Gasteiger partial charge on any atom is 0.159 e. The van der Waals surface area contributed by atoms with Gasteiger partial charge < -0.3 is 15.2 Å². The molecule has 100 valence electrons. The molecule has 3 N–H and O–H groups in total. The first-order valence-electron chi connectivity index (χ1n) is 6.02. The Balaban J connectivity index is 2.15. The molecule has 0 atom stereocenters. The molecule has 0 aliphatic carbocycles. The van der Waals surface area contributed by atoms with E-state index in [0.717, 1.165) is 36.2 Å². The average Bonchev–Trinajstić information content (AvgIpc) is 2.39. The lowest BCUT2D eigenvalue weighted by Gasteiger charge is -2.36. The lowest BCUT2D eigenvalue weighted by Crippen LogP contribution is -2.42. The van der Waals surface area contributed by atoms with Crippen molar-refractivity contribution in [3.8, 4) is 0 Å². The molecule has 0 radical (unpaired) electrons. The van der Waals surface area contributed by atoms with Crippen LogP contribution in [0.25, 0.3) is 0 Å². The van der Waals surface area contributed by atoms with Gasteiger partial charge in [0.15, 0.2) is 5.82 Å². The minimum Gasteiger partial charge on any atom is -0.355 e. The molecule has 1 fully saturated rings. The van der Waals surface area contributed by atoms with Crippen LogP contribution in [0.3, 0.4) is 0 Å². The fourth-order valence-electron chi connectivity index (χ4n) is 2.26. The van der Waals surface area contributed by atoms with E-state index in [1.165, 1.54) is 6.33 Å². The third-order valence-electron chi connectivity index (χ3n) is 3.48. The highest BCUT2D eigenvalue weighted by atomic mass is 79.9. The summed E-state index contributed by atoms with van der Waals surface area (Å²) in [5, 5.41) is 0. The van der Waals surface area contributed by atoms with Crippen molar-refractivity contribution in [3.63, 3.8) is 0 Å². The van der Waals surface area contributed by atoms with Gasteiger partial charge in [-0.25, -0.2) is 15.8 Å². The Bertz CT molecular complexity index is 405. The van der Waals surface area contributed by atoms with Gasteiger partial charge in [0.2, 0.25) is 0 Å². The Labute approximate surface area is 116 Å². The van der Waals surface area contributed by atoms with Gasteiger partial charge in [0.25, 0.3) is 0 Å². The Morgan fingerprint density at radius 1 is 1.44 bits per heavy atom. The van der Waals surface area contributed by atoms with Crippen LogP contribution in [-0.4, -0.2) is 48.1 Å². The van der Waals surface area contributed by atoms with Gasteiger partial charge in [-0.3, -0.25) is 0 Å². The summed E-state index contributed by atoms with van der Waals surface area (Å²) in [6.45, 7) is 2.25. The minimum atomic E-state index is 0.512. The van der Waals surface area contributed by atoms with Crippen LogP contribution in [-0.2, 0) is 0 Å². The summed E-state index contributed by atoms with van der Waals surface area (Å²) in [7, 11) is 4.23. The molecule has 0 unspecified atom stereocenters. The van der Waals surface area contributed by atoms with E-state index in [1.807, 2.05) is 0 Å². The van der Waals surface area contributed by atoms with Crippen molar-refractivity contribution in [1.82, 2.24) is 14.9 Å². The first-order valence-corrected chi connectivity index (χ1v) is 6.81. The second-order valence-electron chi connectivity index (χ2n) is 4.65. The quantitative estimate of drug-likeness (QED) is 0.642. The number of anilines is 2. The van der Waals surface area contributed by atoms with Crippen molar-refractivity contribution in [2.45, 2.75) is 18.9 Å². The lowest BCUT2D eigenvalue weighted by atomic mass is 10.0. The summed E-state index contributed by atoms with van der Waals surface area (Å²) < 4.78 is 0.814. The summed E-state index contributed by atoms with van der Waals surface area (Å²) >= 11 is 3.50. The molecule has 0 bridgehead atoms. The maximum absolute atomic E-state index is 5.42. The smallest absolute Gasteiger partial charge is 0.159 e. The SMILES string of the molecule is CN1CCC(N(C)c2ncnc(NN)c2Br)CC1. The van der Waals surface area contributed by atoms with Crippen molar-refractivity contribution < 1.29 is 0 Å². The van der Waals surface area contributed by atoms with Crippen LogP contribution in [0.4, 0.5) is 11.6 Å². The van der Waals surface area contributed by atoms with Crippen LogP contribution >= 0.6 is 15.9 Å². The normalized spacial score (nSPS) is 17.8. The molecule has 0 aromatic carbocycles. The van der Waals surface area contributed by atoms with Crippen molar-refractivity contribution in [2.75, 3.05) is 37.5 Å². The van der Waals surface area contributed by atoms with Crippen molar-refractivity contribution in [1.29, 1.82) is 0 Å². The topological polar surface area (TPSA) is 70.3 Å². The zero-order valence-corrected chi connectivity index (χ0v) is 12.3. The van der Waals surface area contributed by atoms with Gasteiger partial charge in [0, 0.05) is 13.1 Å². The van der Waals surface area contributed by atoms with Gasteiger partial charge in [0.1, 0.15) is 16.6 Å². The third kappa shape index (κ3) is 2.73. The standard InChI is InChI=1S/C11H19BrN6/c1-17-5-3-8(4-6-17)18(2)11-9(12)10(16-13)14-7-15-11/h7-8H,3-6,13H2,1-2H3,(H,14,15,16). The number of likely N-dealkylation sites (tertiary alicyclic amines) is 1. The molecule has 1 aliphatic heterocycles. The molecule has 7 heteroatoms. The highest BCUT2D eigenvalue weighted by Gasteiger charge is 2.23. The van der Waals surface area contributed by atoms with E-state index in [1.54, 1.807) is 0 Å². The molecule has 0 saturated carbocycles. The lowest BCUT2D eigenvalue weighted by molar-refractivity contribution is 0.252. The second kappa shape index (κ2) is 5.81. The molecule has 1 saturated heterocycles. The number of nitrogen functional groups attached to an aromatic ring is 1. The van der Waals surface area contributed by atoms with Gasteiger partial charge in [0.05, 0.1) is 0 Å². The van der Waals surface area contributed by atoms with Gasteiger partial charge in [-0.05, 0) is 48.9 Å². The molecule has 2 heterocycles. The highest BCUT2D eigenvalue weighted by molar-refractivity contribution is 9.10. The zero-order chi connectivity index (χ0) is 13.1. The number of nitrogens with zero attached hydrogens (tertiary/aromatic N) is 4. The summed E-state index contributed by atoms with van der Waals surface area (Å²) in [5.74, 6) is 6.91. The van der Waals surface area contributed by atoms with E-state index in [4.69, 9.17) is 5.84 Å². The van der Waals surface area contributed by atoms with Crippen LogP contribution in [0.1, 0.15) is 12.8 Å². The summed E-state index contributed by atoms with van der Waals surface area (Å²) in [5.41, 5.74) is 2.57. The predicted molar refractivity (Wildman–Crippen MR) is 76.5 cm³/mol. The van der Waals surface area contributed by atoms with Crippen LogP contribution in [0.5, 0.6) is 0 Å². The molecular formula is C11H19BrN6. The maximum atomic E-state index is 5.42. The van der Waals surface area contributed by atoms with Crippen LogP contribution in [0.2, 0.25) is 0 Å². The number of hydrogen-bond acceptors (Lipinski definition) is 6. The summed E-state index contributed by atoms with van der Waals surface area (Å²) in [6, 6.07) is 0.512.